The SMILES string of the molecule is O=S(=O)(c1ccc(Oc2ccccc2)cc1)N1CCS[C@H]1c1ccccc1Cl. The molecule has 1 aliphatic rings. The van der Waals surface area contributed by atoms with Gasteiger partial charge in [0.2, 0.25) is 10.0 Å². The fraction of sp³-hybridized carbons (Fsp3) is 0.143. The maximum Gasteiger partial charge on any atom is 0.244 e. The highest BCUT2D eigenvalue weighted by Crippen LogP contribution is 2.43. The van der Waals surface area contributed by atoms with Gasteiger partial charge in [0, 0.05) is 17.3 Å². The molecule has 0 radical (unpaired) electrons. The second-order valence-electron chi connectivity index (χ2n) is 6.25. The van der Waals surface area contributed by atoms with Crippen LogP contribution in [-0.4, -0.2) is 25.0 Å². The molecule has 3 aromatic carbocycles. The largest absolute Gasteiger partial charge is 0.457 e. The molecular weight excluding hydrogens is 414 g/mol. The Morgan fingerprint density at radius 3 is 2.25 bits per heavy atom. The smallest absolute Gasteiger partial charge is 0.244 e. The molecule has 3 aromatic rings. The van der Waals surface area contributed by atoms with Crippen molar-refractivity contribution in [1.82, 2.24) is 4.31 Å². The highest BCUT2D eigenvalue weighted by molar-refractivity contribution is 8.01. The third-order valence-electron chi connectivity index (χ3n) is 4.43. The number of halogens is 1. The van der Waals surface area contributed by atoms with Crippen LogP contribution in [0.5, 0.6) is 11.5 Å². The topological polar surface area (TPSA) is 46.6 Å². The lowest BCUT2D eigenvalue weighted by atomic mass is 10.2. The molecule has 4 nitrogen and oxygen atoms in total. The van der Waals surface area contributed by atoms with Crippen molar-refractivity contribution in [2.24, 2.45) is 0 Å². The van der Waals surface area contributed by atoms with Gasteiger partial charge in [-0.05, 0) is 48.0 Å². The van der Waals surface area contributed by atoms with Crippen molar-refractivity contribution in [3.63, 3.8) is 0 Å². The van der Waals surface area contributed by atoms with Crippen molar-refractivity contribution in [3.05, 3.63) is 89.4 Å². The zero-order valence-electron chi connectivity index (χ0n) is 14.9. The molecule has 1 atom stereocenters. The van der Waals surface area contributed by atoms with E-state index in [1.165, 1.54) is 4.31 Å². The van der Waals surface area contributed by atoms with Crippen LogP contribution < -0.4 is 4.74 Å². The molecule has 7 heteroatoms. The number of benzene rings is 3. The summed E-state index contributed by atoms with van der Waals surface area (Å²) < 4.78 is 33.7. The van der Waals surface area contributed by atoms with Gasteiger partial charge >= 0.3 is 0 Å². The number of nitrogens with zero attached hydrogens (tertiary/aromatic N) is 1. The fourth-order valence-electron chi connectivity index (χ4n) is 3.06. The number of thioether (sulfide) groups is 1. The monoisotopic (exact) mass is 431 g/mol. The van der Waals surface area contributed by atoms with Gasteiger partial charge in [-0.3, -0.25) is 0 Å². The van der Waals surface area contributed by atoms with E-state index in [4.69, 9.17) is 16.3 Å². The normalized spacial score (nSPS) is 17.5. The summed E-state index contributed by atoms with van der Waals surface area (Å²) in [6, 6.07) is 23.3. The van der Waals surface area contributed by atoms with Crippen LogP contribution in [0.1, 0.15) is 10.9 Å². The molecule has 1 fully saturated rings. The first kappa shape index (κ1) is 19.3. The van der Waals surface area contributed by atoms with E-state index in [0.717, 1.165) is 11.3 Å². The maximum atomic E-state index is 13.2. The molecule has 0 unspecified atom stereocenters. The minimum atomic E-state index is -3.64. The van der Waals surface area contributed by atoms with Crippen molar-refractivity contribution >= 4 is 33.4 Å². The van der Waals surface area contributed by atoms with Crippen LogP contribution in [0.2, 0.25) is 5.02 Å². The van der Waals surface area contributed by atoms with Crippen molar-refractivity contribution in [2.45, 2.75) is 10.3 Å². The first-order valence-electron chi connectivity index (χ1n) is 8.76. The van der Waals surface area contributed by atoms with Gasteiger partial charge in [0.25, 0.3) is 0 Å². The van der Waals surface area contributed by atoms with E-state index in [2.05, 4.69) is 0 Å². The van der Waals surface area contributed by atoms with Crippen LogP contribution >= 0.6 is 23.4 Å². The van der Waals surface area contributed by atoms with E-state index in [1.54, 1.807) is 42.1 Å². The molecule has 0 bridgehead atoms. The van der Waals surface area contributed by atoms with Gasteiger partial charge in [-0.2, -0.15) is 4.31 Å². The van der Waals surface area contributed by atoms with Gasteiger partial charge in [0.15, 0.2) is 0 Å². The average Bonchev–Trinajstić information content (AvgIpc) is 3.20. The quantitative estimate of drug-likeness (QED) is 0.530. The Kier molecular flexibility index (Phi) is 5.64. The number of para-hydroxylation sites is 1. The number of rotatable bonds is 5. The van der Waals surface area contributed by atoms with Gasteiger partial charge in [-0.1, -0.05) is 48.0 Å². The molecule has 0 aromatic heterocycles. The molecular formula is C21H18ClNO3S2. The van der Waals surface area contributed by atoms with Crippen LogP contribution in [0.4, 0.5) is 0 Å². The van der Waals surface area contributed by atoms with E-state index in [0.29, 0.717) is 23.1 Å². The fourth-order valence-corrected chi connectivity index (χ4v) is 6.63. The predicted molar refractivity (Wildman–Crippen MR) is 114 cm³/mol. The zero-order chi connectivity index (χ0) is 19.6. The van der Waals surface area contributed by atoms with Gasteiger partial charge in [-0.15, -0.1) is 11.8 Å². The van der Waals surface area contributed by atoms with Crippen LogP contribution in [0.15, 0.2) is 83.8 Å². The van der Waals surface area contributed by atoms with E-state index in [1.807, 2.05) is 48.5 Å². The number of hydrogen-bond donors (Lipinski definition) is 0. The molecule has 1 aliphatic heterocycles. The molecule has 0 saturated carbocycles. The van der Waals surface area contributed by atoms with Crippen LogP contribution in [0.3, 0.4) is 0 Å². The Bertz CT molecular complexity index is 1060. The number of sulfonamides is 1. The molecule has 4 rings (SSSR count). The molecule has 1 heterocycles. The average molecular weight is 432 g/mol. The molecule has 0 aliphatic carbocycles. The Morgan fingerprint density at radius 1 is 0.893 bits per heavy atom. The summed E-state index contributed by atoms with van der Waals surface area (Å²) in [6.07, 6.45) is 0. The van der Waals surface area contributed by atoms with Gasteiger partial charge in [0.05, 0.1) is 10.3 Å². The lowest BCUT2D eigenvalue weighted by Gasteiger charge is -2.24. The summed E-state index contributed by atoms with van der Waals surface area (Å²) in [5, 5.41) is 0.257. The molecule has 0 spiro atoms. The van der Waals surface area contributed by atoms with Crippen LogP contribution in [-0.2, 0) is 10.0 Å². The van der Waals surface area contributed by atoms with Crippen molar-refractivity contribution in [2.75, 3.05) is 12.3 Å². The van der Waals surface area contributed by atoms with E-state index < -0.39 is 10.0 Å². The summed E-state index contributed by atoms with van der Waals surface area (Å²) in [5.41, 5.74) is 0.819. The second-order valence-corrected chi connectivity index (χ2v) is 9.73. The predicted octanol–water partition coefficient (Wildman–Crippen LogP) is 5.57. The van der Waals surface area contributed by atoms with E-state index >= 15 is 0 Å². The Labute approximate surface area is 174 Å². The lowest BCUT2D eigenvalue weighted by molar-refractivity contribution is 0.434. The van der Waals surface area contributed by atoms with Crippen molar-refractivity contribution in [1.29, 1.82) is 0 Å². The summed E-state index contributed by atoms with van der Waals surface area (Å²) in [5.74, 6) is 2.01. The molecule has 1 saturated heterocycles. The summed E-state index contributed by atoms with van der Waals surface area (Å²) in [7, 11) is -3.64. The lowest BCUT2D eigenvalue weighted by Crippen LogP contribution is -2.30. The summed E-state index contributed by atoms with van der Waals surface area (Å²) in [6.45, 7) is 0.450. The van der Waals surface area contributed by atoms with E-state index in [-0.39, 0.29) is 10.3 Å². The second kappa shape index (κ2) is 8.17. The molecule has 0 N–H and O–H groups in total. The summed E-state index contributed by atoms with van der Waals surface area (Å²) >= 11 is 7.89. The zero-order valence-corrected chi connectivity index (χ0v) is 17.3. The maximum absolute atomic E-state index is 13.2. The molecule has 0 amide bonds. The molecule has 28 heavy (non-hydrogen) atoms. The Balaban J connectivity index is 1.58. The minimum Gasteiger partial charge on any atom is -0.457 e. The number of ether oxygens (including phenoxy) is 1. The minimum absolute atomic E-state index is 0.243. The first-order valence-corrected chi connectivity index (χ1v) is 11.6. The first-order chi connectivity index (χ1) is 13.6. The Hall–Kier alpha value is -1.99. The highest BCUT2D eigenvalue weighted by atomic mass is 35.5. The standard InChI is InChI=1S/C21H18ClNO3S2/c22-20-9-5-4-8-19(20)21-23(14-15-27-21)28(24,25)18-12-10-17(11-13-18)26-16-6-2-1-3-7-16/h1-13,21H,14-15H2/t21-/m0/s1. The Morgan fingerprint density at radius 2 is 1.54 bits per heavy atom. The van der Waals surface area contributed by atoms with Crippen LogP contribution in [0.25, 0.3) is 0 Å². The number of hydrogen-bond acceptors (Lipinski definition) is 4. The molecule has 144 valence electrons. The van der Waals surface area contributed by atoms with Gasteiger partial charge in [-0.25, -0.2) is 8.42 Å². The van der Waals surface area contributed by atoms with Crippen molar-refractivity contribution < 1.29 is 13.2 Å². The van der Waals surface area contributed by atoms with E-state index in [9.17, 15) is 8.42 Å². The van der Waals surface area contributed by atoms with Gasteiger partial charge < -0.3 is 4.74 Å². The third kappa shape index (κ3) is 3.91. The third-order valence-corrected chi connectivity index (χ3v) is 8.03. The van der Waals surface area contributed by atoms with Crippen molar-refractivity contribution in [3.8, 4) is 11.5 Å². The summed E-state index contributed by atoms with van der Waals surface area (Å²) in [4.78, 5) is 0.243. The highest BCUT2D eigenvalue weighted by Gasteiger charge is 2.37. The van der Waals surface area contributed by atoms with Gasteiger partial charge in [0.1, 0.15) is 11.5 Å². The van der Waals surface area contributed by atoms with Crippen LogP contribution in [0, 0.1) is 0 Å².